The molecule has 1 aliphatic rings. The van der Waals surface area contributed by atoms with Gasteiger partial charge in [0, 0.05) is 24.6 Å². The Labute approximate surface area is 185 Å². The van der Waals surface area contributed by atoms with Gasteiger partial charge in [-0.15, -0.1) is 0 Å². The second-order valence-electron chi connectivity index (χ2n) is 8.44. The van der Waals surface area contributed by atoms with Gasteiger partial charge in [-0.3, -0.25) is 18.7 Å². The number of halogens is 1. The molecule has 1 saturated carbocycles. The van der Waals surface area contributed by atoms with Crippen LogP contribution in [0.2, 0.25) is 0 Å². The van der Waals surface area contributed by atoms with Gasteiger partial charge in [0.05, 0.1) is 17.4 Å². The van der Waals surface area contributed by atoms with Crippen LogP contribution in [0.5, 0.6) is 0 Å². The maximum atomic E-state index is 14.2. The number of rotatable bonds is 8. The average molecular weight is 438 g/mol. The van der Waals surface area contributed by atoms with E-state index in [1.807, 2.05) is 0 Å². The quantitative estimate of drug-likeness (QED) is 0.548. The van der Waals surface area contributed by atoms with Crippen LogP contribution in [-0.2, 0) is 17.9 Å². The lowest BCUT2D eigenvalue weighted by molar-refractivity contribution is -0.121. The number of carbonyl (C=O) groups excluding carboxylic acids is 1. The highest BCUT2D eigenvalue weighted by Crippen LogP contribution is 2.18. The molecule has 2 aromatic carbocycles. The van der Waals surface area contributed by atoms with Gasteiger partial charge in [0.1, 0.15) is 5.82 Å². The molecule has 0 radical (unpaired) electrons. The zero-order valence-electron chi connectivity index (χ0n) is 18.1. The van der Waals surface area contributed by atoms with Crippen molar-refractivity contribution in [1.82, 2.24) is 14.5 Å². The molecule has 0 unspecified atom stereocenters. The number of para-hydroxylation sites is 1. The Morgan fingerprint density at radius 1 is 0.969 bits per heavy atom. The SMILES string of the molecule is O=C(CCCCn1c(=O)c2ccccc2n(Cc2ccccc2F)c1=O)NC1CCCC1. The van der Waals surface area contributed by atoms with Crippen LogP contribution in [0.3, 0.4) is 0 Å². The molecule has 0 spiro atoms. The minimum absolute atomic E-state index is 0.0275. The minimum Gasteiger partial charge on any atom is -0.353 e. The lowest BCUT2D eigenvalue weighted by atomic mass is 10.2. The number of benzene rings is 2. The Bertz CT molecular complexity index is 1230. The van der Waals surface area contributed by atoms with Crippen LogP contribution in [0.25, 0.3) is 10.9 Å². The summed E-state index contributed by atoms with van der Waals surface area (Å²) in [4.78, 5) is 38.3. The Balaban J connectivity index is 1.52. The highest BCUT2D eigenvalue weighted by atomic mass is 19.1. The summed E-state index contributed by atoms with van der Waals surface area (Å²) in [7, 11) is 0. The molecule has 4 rings (SSSR count). The molecule has 0 bridgehead atoms. The van der Waals surface area contributed by atoms with Crippen LogP contribution in [0.1, 0.15) is 50.5 Å². The first-order chi connectivity index (χ1) is 15.5. The maximum absolute atomic E-state index is 14.2. The van der Waals surface area contributed by atoms with E-state index in [4.69, 9.17) is 0 Å². The van der Waals surface area contributed by atoms with Gasteiger partial charge in [-0.05, 0) is 43.9 Å². The van der Waals surface area contributed by atoms with E-state index in [9.17, 15) is 18.8 Å². The van der Waals surface area contributed by atoms with E-state index in [1.165, 1.54) is 15.2 Å². The first-order valence-electron chi connectivity index (χ1n) is 11.3. The van der Waals surface area contributed by atoms with Crippen LogP contribution in [0.4, 0.5) is 4.39 Å². The van der Waals surface area contributed by atoms with Crippen LogP contribution in [-0.4, -0.2) is 21.1 Å². The third-order valence-electron chi connectivity index (χ3n) is 6.17. The molecule has 1 N–H and O–H groups in total. The van der Waals surface area contributed by atoms with Gasteiger partial charge < -0.3 is 5.32 Å². The predicted octanol–water partition coefficient (Wildman–Crippen LogP) is 3.58. The predicted molar refractivity (Wildman–Crippen MR) is 122 cm³/mol. The number of hydrogen-bond acceptors (Lipinski definition) is 3. The molecule has 3 aromatic rings. The Morgan fingerprint density at radius 2 is 1.69 bits per heavy atom. The summed E-state index contributed by atoms with van der Waals surface area (Å²) in [5.41, 5.74) is 0.0460. The number of unbranched alkanes of at least 4 members (excludes halogenated alkanes) is 1. The summed E-state index contributed by atoms with van der Waals surface area (Å²) in [5, 5.41) is 3.48. The molecule has 1 aromatic heterocycles. The Hall–Kier alpha value is -3.22. The molecular weight excluding hydrogens is 409 g/mol. The van der Waals surface area contributed by atoms with Gasteiger partial charge in [0.25, 0.3) is 5.56 Å². The molecule has 1 amide bonds. The molecule has 0 aliphatic heterocycles. The number of fused-ring (bicyclic) bond motifs is 1. The van der Waals surface area contributed by atoms with E-state index in [2.05, 4.69) is 5.32 Å². The number of carbonyl (C=O) groups is 1. The molecular formula is C25H28FN3O3. The third kappa shape index (κ3) is 4.82. The molecule has 1 heterocycles. The Morgan fingerprint density at radius 3 is 2.47 bits per heavy atom. The summed E-state index contributed by atoms with van der Waals surface area (Å²) in [5.74, 6) is -0.366. The van der Waals surface area contributed by atoms with Crippen molar-refractivity contribution in [3.05, 3.63) is 80.7 Å². The van der Waals surface area contributed by atoms with Crippen LogP contribution in [0.15, 0.2) is 58.1 Å². The molecule has 1 fully saturated rings. The lowest BCUT2D eigenvalue weighted by Gasteiger charge is -2.15. The first kappa shape index (κ1) is 22.0. The number of nitrogens with zero attached hydrogens (tertiary/aromatic N) is 2. The molecule has 7 heteroatoms. The second kappa shape index (κ2) is 9.94. The summed E-state index contributed by atoms with van der Waals surface area (Å²) in [6.45, 7) is 0.257. The number of hydrogen-bond donors (Lipinski definition) is 1. The first-order valence-corrected chi connectivity index (χ1v) is 11.3. The van der Waals surface area contributed by atoms with Crippen molar-refractivity contribution >= 4 is 16.8 Å². The second-order valence-corrected chi connectivity index (χ2v) is 8.44. The highest BCUT2D eigenvalue weighted by Gasteiger charge is 2.17. The standard InChI is InChI=1S/C25H28FN3O3/c26-21-13-5-1-9-18(21)17-29-22-14-6-4-12-20(22)24(31)28(25(29)32)16-8-7-15-23(30)27-19-10-2-3-11-19/h1,4-6,9,12-14,19H,2-3,7-8,10-11,15-17H2,(H,27,30). The average Bonchev–Trinajstić information content (AvgIpc) is 3.30. The summed E-state index contributed by atoms with van der Waals surface area (Å²) < 4.78 is 16.9. The molecule has 1 aliphatic carbocycles. The van der Waals surface area contributed by atoms with E-state index >= 15 is 0 Å². The van der Waals surface area contributed by atoms with E-state index in [-0.39, 0.29) is 30.6 Å². The summed E-state index contributed by atoms with van der Waals surface area (Å²) >= 11 is 0. The van der Waals surface area contributed by atoms with Crippen molar-refractivity contribution in [3.8, 4) is 0 Å². The van der Waals surface area contributed by atoms with Crippen molar-refractivity contribution in [2.45, 2.75) is 64.1 Å². The van der Waals surface area contributed by atoms with Crippen molar-refractivity contribution in [3.63, 3.8) is 0 Å². The zero-order chi connectivity index (χ0) is 22.5. The molecule has 6 nitrogen and oxygen atoms in total. The van der Waals surface area contributed by atoms with Gasteiger partial charge in [0.15, 0.2) is 0 Å². The monoisotopic (exact) mass is 437 g/mol. The molecule has 32 heavy (non-hydrogen) atoms. The zero-order valence-corrected chi connectivity index (χ0v) is 18.1. The Kier molecular flexibility index (Phi) is 6.83. The van der Waals surface area contributed by atoms with Gasteiger partial charge in [-0.1, -0.05) is 43.2 Å². The normalized spacial score (nSPS) is 14.2. The van der Waals surface area contributed by atoms with Crippen molar-refractivity contribution in [2.24, 2.45) is 0 Å². The maximum Gasteiger partial charge on any atom is 0.331 e. The fraction of sp³-hybridized carbons (Fsp3) is 0.400. The van der Waals surface area contributed by atoms with Crippen LogP contribution < -0.4 is 16.6 Å². The van der Waals surface area contributed by atoms with E-state index < -0.39 is 11.5 Å². The number of aromatic nitrogens is 2. The van der Waals surface area contributed by atoms with Crippen molar-refractivity contribution in [2.75, 3.05) is 0 Å². The van der Waals surface area contributed by atoms with Crippen molar-refractivity contribution < 1.29 is 9.18 Å². The van der Waals surface area contributed by atoms with Crippen LogP contribution >= 0.6 is 0 Å². The highest BCUT2D eigenvalue weighted by molar-refractivity contribution is 5.78. The fourth-order valence-electron chi connectivity index (χ4n) is 4.44. The lowest BCUT2D eigenvalue weighted by Crippen LogP contribution is -2.40. The van der Waals surface area contributed by atoms with E-state index in [1.54, 1.807) is 42.5 Å². The number of amides is 1. The molecule has 0 atom stereocenters. The van der Waals surface area contributed by atoms with E-state index in [0.717, 1.165) is 25.7 Å². The molecule has 0 saturated heterocycles. The van der Waals surface area contributed by atoms with Gasteiger partial charge in [-0.25, -0.2) is 9.18 Å². The largest absolute Gasteiger partial charge is 0.353 e. The van der Waals surface area contributed by atoms with E-state index in [0.29, 0.717) is 35.7 Å². The van der Waals surface area contributed by atoms with Crippen molar-refractivity contribution in [1.29, 1.82) is 0 Å². The fourth-order valence-corrected chi connectivity index (χ4v) is 4.44. The van der Waals surface area contributed by atoms with Gasteiger partial charge in [-0.2, -0.15) is 0 Å². The minimum atomic E-state index is -0.465. The molecule has 168 valence electrons. The number of nitrogens with one attached hydrogen (secondary N) is 1. The summed E-state index contributed by atoms with van der Waals surface area (Å²) in [6, 6.07) is 13.5. The topological polar surface area (TPSA) is 73.1 Å². The van der Waals surface area contributed by atoms with Gasteiger partial charge >= 0.3 is 5.69 Å². The smallest absolute Gasteiger partial charge is 0.331 e. The van der Waals surface area contributed by atoms with Crippen LogP contribution in [0, 0.1) is 5.82 Å². The third-order valence-corrected chi connectivity index (χ3v) is 6.17. The summed E-state index contributed by atoms with van der Waals surface area (Å²) in [6.07, 6.45) is 5.90. The van der Waals surface area contributed by atoms with Gasteiger partial charge in [0.2, 0.25) is 5.91 Å².